The van der Waals surface area contributed by atoms with Crippen molar-refractivity contribution in [2.75, 3.05) is 26.8 Å². The third-order valence-electron chi connectivity index (χ3n) is 12.2. The predicted octanol–water partition coefficient (Wildman–Crippen LogP) is 3.63. The zero-order valence-electron chi connectivity index (χ0n) is 23.8. The number of halogens is 2. The number of carbonyl (C=O) groups is 3. The number of ketones is 2. The Morgan fingerprint density at radius 2 is 1.93 bits per heavy atom. The first kappa shape index (κ1) is 28.2. The number of benzene rings is 1. The first-order valence-electron chi connectivity index (χ1n) is 14.3. The fraction of sp³-hybridized carbons (Fsp3) is 0.594. The molecule has 220 valence electrons. The molecule has 0 aromatic heterocycles. The van der Waals surface area contributed by atoms with E-state index in [0.717, 1.165) is 6.08 Å². The summed E-state index contributed by atoms with van der Waals surface area (Å²) in [6.45, 7) is 4.75. The van der Waals surface area contributed by atoms with Gasteiger partial charge < -0.3 is 19.8 Å². The molecule has 0 spiro atoms. The molecule has 4 aliphatic carbocycles. The number of hydrogen-bond acceptors (Lipinski definition) is 6. The van der Waals surface area contributed by atoms with Crippen molar-refractivity contribution < 1.29 is 38.1 Å². The minimum Gasteiger partial charge on any atom is -0.497 e. The number of Topliss-reactive ketones (excluding diaryl/α,β-unsaturated/α-hetero) is 1. The van der Waals surface area contributed by atoms with E-state index in [9.17, 15) is 24.6 Å². The summed E-state index contributed by atoms with van der Waals surface area (Å²) in [5, 5.41) is 22.0. The van der Waals surface area contributed by atoms with E-state index in [4.69, 9.17) is 4.74 Å². The SMILES string of the molecule is COc1cccc(C(=O)N2CC3CC4(C)C5CC(F)C6=CC(=O)C=CC6(C)C5(F)C(O)CC4(C)C3(C(=O)CO)C2)c1. The molecule has 9 unspecified atom stereocenters. The number of nitrogens with zero attached hydrogens (tertiary/aromatic N) is 1. The van der Waals surface area contributed by atoms with Crippen molar-refractivity contribution >= 4 is 17.5 Å². The molecule has 4 fully saturated rings. The number of fused-ring (bicyclic) bond motifs is 7. The Bertz CT molecular complexity index is 1410. The zero-order chi connectivity index (χ0) is 29.8. The lowest BCUT2D eigenvalue weighted by Gasteiger charge is -2.67. The van der Waals surface area contributed by atoms with Crippen LogP contribution in [0.2, 0.25) is 0 Å². The molecule has 0 bridgehead atoms. The normalized spacial score (nSPS) is 44.4. The highest BCUT2D eigenvalue weighted by molar-refractivity contribution is 6.01. The molecule has 1 saturated heterocycles. The van der Waals surface area contributed by atoms with Crippen LogP contribution in [-0.4, -0.2) is 77.3 Å². The topological polar surface area (TPSA) is 104 Å². The molecule has 7 nitrogen and oxygen atoms in total. The standard InChI is InChI=1S/C32H37F2NO6/c1-28-9-8-20(37)11-22(28)23(33)12-24-29(2)13-19-15-35(27(40)18-6-5-7-21(10-18)41-4)17-31(19,26(39)16-36)30(29,3)14-25(38)32(24,28)34/h5-11,19,23-25,36,38H,12-17H2,1-4H3. The number of methoxy groups -OCH3 is 1. The molecular weight excluding hydrogens is 532 g/mol. The van der Waals surface area contributed by atoms with E-state index in [1.165, 1.54) is 19.3 Å². The maximum Gasteiger partial charge on any atom is 0.254 e. The summed E-state index contributed by atoms with van der Waals surface area (Å²) in [5.74, 6) is -2.03. The van der Waals surface area contributed by atoms with E-state index in [1.807, 2.05) is 13.8 Å². The van der Waals surface area contributed by atoms with Crippen molar-refractivity contribution in [1.82, 2.24) is 4.90 Å². The van der Waals surface area contributed by atoms with Crippen molar-refractivity contribution in [3.05, 3.63) is 53.6 Å². The third kappa shape index (κ3) is 3.22. The van der Waals surface area contributed by atoms with Gasteiger partial charge in [-0.1, -0.05) is 26.0 Å². The van der Waals surface area contributed by atoms with Crippen LogP contribution in [0.5, 0.6) is 5.75 Å². The number of alkyl halides is 2. The van der Waals surface area contributed by atoms with Crippen molar-refractivity contribution in [2.45, 2.75) is 58.0 Å². The Hall–Kier alpha value is -2.91. The van der Waals surface area contributed by atoms with E-state index < -0.39 is 69.6 Å². The average molecular weight is 570 g/mol. The molecule has 1 heterocycles. The van der Waals surface area contributed by atoms with Crippen LogP contribution >= 0.6 is 0 Å². The number of hydrogen-bond donors (Lipinski definition) is 2. The number of aliphatic hydroxyl groups is 2. The van der Waals surface area contributed by atoms with Crippen LogP contribution in [0, 0.1) is 33.5 Å². The highest BCUT2D eigenvalue weighted by Gasteiger charge is 2.82. The Balaban J connectivity index is 1.44. The molecule has 1 aromatic carbocycles. The molecule has 1 amide bonds. The van der Waals surface area contributed by atoms with E-state index in [2.05, 4.69) is 0 Å². The molecule has 1 aliphatic heterocycles. The molecule has 3 saturated carbocycles. The van der Waals surface area contributed by atoms with Crippen LogP contribution in [0.15, 0.2) is 48.1 Å². The molecule has 2 N–H and O–H groups in total. The van der Waals surface area contributed by atoms with Gasteiger partial charge in [-0.15, -0.1) is 0 Å². The molecule has 6 rings (SSSR count). The number of allylic oxidation sites excluding steroid dienone is 4. The lowest BCUT2D eigenvalue weighted by molar-refractivity contribution is -0.242. The van der Waals surface area contributed by atoms with Gasteiger partial charge in [-0.05, 0) is 78.9 Å². The second-order valence-electron chi connectivity index (χ2n) is 13.4. The fourth-order valence-electron chi connectivity index (χ4n) is 9.99. The van der Waals surface area contributed by atoms with Crippen molar-refractivity contribution in [3.8, 4) is 5.75 Å². The van der Waals surface area contributed by atoms with Gasteiger partial charge in [0.25, 0.3) is 5.91 Å². The largest absolute Gasteiger partial charge is 0.497 e. The number of rotatable bonds is 4. The van der Waals surface area contributed by atoms with Crippen LogP contribution in [-0.2, 0) is 9.59 Å². The van der Waals surface area contributed by atoms with E-state index in [-0.39, 0.29) is 37.4 Å². The van der Waals surface area contributed by atoms with Crippen molar-refractivity contribution in [3.63, 3.8) is 0 Å². The zero-order valence-corrected chi connectivity index (χ0v) is 23.8. The van der Waals surface area contributed by atoms with Gasteiger partial charge in [0.1, 0.15) is 18.5 Å². The van der Waals surface area contributed by atoms with Crippen LogP contribution in [0.3, 0.4) is 0 Å². The summed E-state index contributed by atoms with van der Waals surface area (Å²) in [6.07, 6.45) is 0.618. The predicted molar refractivity (Wildman–Crippen MR) is 146 cm³/mol. The van der Waals surface area contributed by atoms with E-state index in [0.29, 0.717) is 17.7 Å². The van der Waals surface area contributed by atoms with Gasteiger partial charge in [-0.2, -0.15) is 0 Å². The lowest BCUT2D eigenvalue weighted by Crippen LogP contribution is -2.72. The summed E-state index contributed by atoms with van der Waals surface area (Å²) in [6, 6.07) is 6.74. The molecule has 5 aliphatic rings. The smallest absolute Gasteiger partial charge is 0.254 e. The lowest BCUT2D eigenvalue weighted by atomic mass is 9.38. The fourth-order valence-corrected chi connectivity index (χ4v) is 9.99. The summed E-state index contributed by atoms with van der Waals surface area (Å²) in [4.78, 5) is 41.2. The Labute approximate surface area is 238 Å². The molecule has 0 radical (unpaired) electrons. The second kappa shape index (κ2) is 8.80. The van der Waals surface area contributed by atoms with Crippen LogP contribution in [0.25, 0.3) is 0 Å². The quantitative estimate of drug-likeness (QED) is 0.574. The van der Waals surface area contributed by atoms with Gasteiger partial charge in [0.05, 0.1) is 18.6 Å². The van der Waals surface area contributed by atoms with Gasteiger partial charge in [0.2, 0.25) is 0 Å². The van der Waals surface area contributed by atoms with Gasteiger partial charge in [0, 0.05) is 30.0 Å². The number of ether oxygens (including phenoxy) is 1. The summed E-state index contributed by atoms with van der Waals surface area (Å²) >= 11 is 0. The Morgan fingerprint density at radius 1 is 1.20 bits per heavy atom. The van der Waals surface area contributed by atoms with Crippen LogP contribution < -0.4 is 4.74 Å². The van der Waals surface area contributed by atoms with Crippen LogP contribution in [0.4, 0.5) is 8.78 Å². The molecule has 9 heteroatoms. The minimum atomic E-state index is -2.29. The second-order valence-corrected chi connectivity index (χ2v) is 13.4. The Morgan fingerprint density at radius 3 is 2.61 bits per heavy atom. The van der Waals surface area contributed by atoms with Crippen molar-refractivity contribution in [1.29, 1.82) is 0 Å². The molecule has 9 atom stereocenters. The average Bonchev–Trinajstić information content (AvgIpc) is 3.42. The number of likely N-dealkylation sites (tertiary alicyclic amines) is 1. The number of aliphatic hydroxyl groups excluding tert-OH is 2. The first-order valence-corrected chi connectivity index (χ1v) is 14.3. The number of amides is 1. The van der Waals surface area contributed by atoms with Gasteiger partial charge in [-0.3, -0.25) is 14.4 Å². The van der Waals surface area contributed by atoms with Gasteiger partial charge in [-0.25, -0.2) is 8.78 Å². The first-order chi connectivity index (χ1) is 19.2. The van der Waals surface area contributed by atoms with E-state index in [1.54, 1.807) is 36.1 Å². The highest BCUT2D eigenvalue weighted by Crippen LogP contribution is 2.79. The minimum absolute atomic E-state index is 0.00774. The summed E-state index contributed by atoms with van der Waals surface area (Å²) in [5.41, 5.74) is -6.64. The maximum atomic E-state index is 17.7. The highest BCUT2D eigenvalue weighted by atomic mass is 19.1. The molecule has 1 aromatic rings. The van der Waals surface area contributed by atoms with Gasteiger partial charge in [0.15, 0.2) is 17.2 Å². The summed E-state index contributed by atoms with van der Waals surface area (Å²) < 4.78 is 38.9. The van der Waals surface area contributed by atoms with Crippen LogP contribution in [0.1, 0.15) is 50.4 Å². The molecular formula is C32H37F2NO6. The monoisotopic (exact) mass is 569 g/mol. The third-order valence-corrected chi connectivity index (χ3v) is 12.2. The van der Waals surface area contributed by atoms with Crippen molar-refractivity contribution in [2.24, 2.45) is 33.5 Å². The number of carbonyl (C=O) groups excluding carboxylic acids is 3. The van der Waals surface area contributed by atoms with Gasteiger partial charge >= 0.3 is 0 Å². The van der Waals surface area contributed by atoms with E-state index >= 15 is 8.78 Å². The molecule has 41 heavy (non-hydrogen) atoms. The summed E-state index contributed by atoms with van der Waals surface area (Å²) in [7, 11) is 1.51. The Kier molecular flexibility index (Phi) is 6.06. The maximum absolute atomic E-state index is 17.7.